The first kappa shape index (κ1) is 13.6. The highest BCUT2D eigenvalue weighted by Crippen LogP contribution is 2.37. The standard InChI is InChI=1S/C15H20N2O2S/c1-11-13(18)17(9-12-5-8-20-10-12)15(14(19)16-11)6-3-2-4-7-15/h5,8,10-11H,2-4,6-7,9H2,1H3,(H,16,19). The fourth-order valence-electron chi connectivity index (χ4n) is 3.39. The van der Waals surface area contributed by atoms with Crippen molar-refractivity contribution >= 4 is 23.2 Å². The molecule has 3 rings (SSSR count). The number of thiophene rings is 1. The topological polar surface area (TPSA) is 49.4 Å². The third-order valence-corrected chi connectivity index (χ3v) is 5.26. The summed E-state index contributed by atoms with van der Waals surface area (Å²) in [6.45, 7) is 2.33. The van der Waals surface area contributed by atoms with Crippen LogP contribution in [0.3, 0.4) is 0 Å². The predicted octanol–water partition coefficient (Wildman–Crippen LogP) is 2.30. The number of carbonyl (C=O) groups is 2. The SMILES string of the molecule is CC1NC(=O)C2(CCCCC2)N(Cc2ccsc2)C1=O. The van der Waals surface area contributed by atoms with E-state index in [2.05, 4.69) is 10.7 Å². The minimum absolute atomic E-state index is 0.0412. The number of hydrogen-bond donors (Lipinski definition) is 1. The lowest BCUT2D eigenvalue weighted by molar-refractivity contribution is -0.160. The van der Waals surface area contributed by atoms with E-state index in [0.717, 1.165) is 37.7 Å². The molecule has 1 spiro atoms. The minimum atomic E-state index is -0.607. The van der Waals surface area contributed by atoms with Crippen LogP contribution in [0.4, 0.5) is 0 Å². The van der Waals surface area contributed by atoms with Gasteiger partial charge in [-0.15, -0.1) is 0 Å². The van der Waals surface area contributed by atoms with E-state index in [-0.39, 0.29) is 11.8 Å². The normalized spacial score (nSPS) is 25.9. The Bertz CT molecular complexity index is 506. The van der Waals surface area contributed by atoms with Crippen LogP contribution in [0, 0.1) is 0 Å². The second-order valence-corrected chi connectivity index (χ2v) is 6.62. The molecule has 1 atom stereocenters. The van der Waals surface area contributed by atoms with Crippen LogP contribution in [0.1, 0.15) is 44.6 Å². The molecule has 5 heteroatoms. The van der Waals surface area contributed by atoms with Crippen LogP contribution in [-0.4, -0.2) is 28.3 Å². The van der Waals surface area contributed by atoms with E-state index in [0.29, 0.717) is 6.54 Å². The lowest BCUT2D eigenvalue weighted by Crippen LogP contribution is -2.70. The first-order chi connectivity index (χ1) is 9.63. The molecule has 4 nitrogen and oxygen atoms in total. The number of piperazine rings is 1. The summed E-state index contributed by atoms with van der Waals surface area (Å²) < 4.78 is 0. The van der Waals surface area contributed by atoms with Gasteiger partial charge in [-0.1, -0.05) is 19.3 Å². The van der Waals surface area contributed by atoms with Gasteiger partial charge in [0.2, 0.25) is 11.8 Å². The molecule has 0 radical (unpaired) electrons. The van der Waals surface area contributed by atoms with Crippen molar-refractivity contribution in [1.29, 1.82) is 0 Å². The summed E-state index contributed by atoms with van der Waals surface area (Å²) in [5.41, 5.74) is 0.513. The average Bonchev–Trinajstić information content (AvgIpc) is 2.96. The van der Waals surface area contributed by atoms with Crippen molar-refractivity contribution < 1.29 is 9.59 Å². The van der Waals surface area contributed by atoms with E-state index in [9.17, 15) is 9.59 Å². The summed E-state index contributed by atoms with van der Waals surface area (Å²) in [4.78, 5) is 27.0. The summed E-state index contributed by atoms with van der Waals surface area (Å²) >= 11 is 1.63. The Morgan fingerprint density at radius 3 is 2.75 bits per heavy atom. The smallest absolute Gasteiger partial charge is 0.246 e. The summed E-state index contributed by atoms with van der Waals surface area (Å²) in [6.07, 6.45) is 4.79. The van der Waals surface area contributed by atoms with Crippen molar-refractivity contribution in [3.8, 4) is 0 Å². The molecule has 1 aromatic rings. The van der Waals surface area contributed by atoms with Gasteiger partial charge in [0.1, 0.15) is 11.6 Å². The molecule has 1 N–H and O–H groups in total. The average molecular weight is 292 g/mol. The molecule has 0 aromatic carbocycles. The van der Waals surface area contributed by atoms with E-state index in [1.807, 2.05) is 16.3 Å². The molecule has 1 aliphatic heterocycles. The van der Waals surface area contributed by atoms with Crippen LogP contribution in [-0.2, 0) is 16.1 Å². The Kier molecular flexibility index (Phi) is 3.54. The number of rotatable bonds is 2. The Hall–Kier alpha value is -1.36. The zero-order valence-corrected chi connectivity index (χ0v) is 12.5. The molecule has 0 bridgehead atoms. The lowest BCUT2D eigenvalue weighted by Gasteiger charge is -2.49. The highest BCUT2D eigenvalue weighted by molar-refractivity contribution is 7.07. The largest absolute Gasteiger partial charge is 0.343 e. The van der Waals surface area contributed by atoms with Crippen LogP contribution in [0.5, 0.6) is 0 Å². The maximum atomic E-state index is 12.6. The van der Waals surface area contributed by atoms with E-state index in [4.69, 9.17) is 0 Å². The summed E-state index contributed by atoms with van der Waals surface area (Å²) in [5, 5.41) is 6.94. The van der Waals surface area contributed by atoms with Crippen molar-refractivity contribution in [2.75, 3.05) is 0 Å². The molecule has 2 fully saturated rings. The van der Waals surface area contributed by atoms with Crippen LogP contribution >= 0.6 is 11.3 Å². The summed E-state index contributed by atoms with van der Waals surface area (Å²) in [5.74, 6) is 0.0947. The number of hydrogen-bond acceptors (Lipinski definition) is 3. The molecule has 20 heavy (non-hydrogen) atoms. The minimum Gasteiger partial charge on any atom is -0.343 e. The molecule has 1 aliphatic carbocycles. The van der Waals surface area contributed by atoms with Crippen molar-refractivity contribution in [1.82, 2.24) is 10.2 Å². The van der Waals surface area contributed by atoms with Gasteiger partial charge in [0.05, 0.1) is 0 Å². The summed E-state index contributed by atoms with van der Waals surface area (Å²) in [7, 11) is 0. The Morgan fingerprint density at radius 1 is 1.35 bits per heavy atom. The van der Waals surface area contributed by atoms with E-state index < -0.39 is 11.6 Å². The fourth-order valence-corrected chi connectivity index (χ4v) is 4.05. The zero-order chi connectivity index (χ0) is 14.2. The Balaban J connectivity index is 1.94. The van der Waals surface area contributed by atoms with Gasteiger partial charge < -0.3 is 10.2 Å². The molecule has 2 aliphatic rings. The molecule has 1 saturated carbocycles. The van der Waals surface area contributed by atoms with Gasteiger partial charge in [-0.3, -0.25) is 9.59 Å². The molecule has 2 heterocycles. The van der Waals surface area contributed by atoms with Crippen LogP contribution in [0.25, 0.3) is 0 Å². The second-order valence-electron chi connectivity index (χ2n) is 5.84. The maximum Gasteiger partial charge on any atom is 0.246 e. The van der Waals surface area contributed by atoms with Crippen molar-refractivity contribution in [3.63, 3.8) is 0 Å². The number of carbonyl (C=O) groups excluding carboxylic acids is 2. The Morgan fingerprint density at radius 2 is 2.10 bits per heavy atom. The van der Waals surface area contributed by atoms with Crippen LogP contribution in [0.15, 0.2) is 16.8 Å². The molecule has 2 amide bonds. The number of amides is 2. The van der Waals surface area contributed by atoms with Crippen molar-refractivity contribution in [2.24, 2.45) is 0 Å². The maximum absolute atomic E-state index is 12.6. The first-order valence-electron chi connectivity index (χ1n) is 7.27. The van der Waals surface area contributed by atoms with Gasteiger partial charge >= 0.3 is 0 Å². The highest BCUT2D eigenvalue weighted by atomic mass is 32.1. The van der Waals surface area contributed by atoms with Crippen LogP contribution < -0.4 is 5.32 Å². The van der Waals surface area contributed by atoms with Gasteiger partial charge in [-0.25, -0.2) is 0 Å². The zero-order valence-electron chi connectivity index (χ0n) is 11.7. The molecule has 108 valence electrons. The predicted molar refractivity (Wildman–Crippen MR) is 78.3 cm³/mol. The van der Waals surface area contributed by atoms with E-state index >= 15 is 0 Å². The molecule has 1 aromatic heterocycles. The van der Waals surface area contributed by atoms with E-state index in [1.54, 1.807) is 18.3 Å². The quantitative estimate of drug-likeness (QED) is 0.909. The van der Waals surface area contributed by atoms with Gasteiger partial charge in [0.25, 0.3) is 0 Å². The monoisotopic (exact) mass is 292 g/mol. The van der Waals surface area contributed by atoms with Crippen molar-refractivity contribution in [2.45, 2.75) is 57.2 Å². The van der Waals surface area contributed by atoms with E-state index in [1.165, 1.54) is 0 Å². The van der Waals surface area contributed by atoms with Gasteiger partial charge in [-0.05, 0) is 42.2 Å². The molecule has 1 saturated heterocycles. The molecule has 1 unspecified atom stereocenters. The third-order valence-electron chi connectivity index (χ3n) is 4.52. The Labute approximate surface area is 123 Å². The highest BCUT2D eigenvalue weighted by Gasteiger charge is 2.51. The van der Waals surface area contributed by atoms with Gasteiger partial charge in [0, 0.05) is 6.54 Å². The number of nitrogens with one attached hydrogen (secondary N) is 1. The van der Waals surface area contributed by atoms with Gasteiger partial charge in [-0.2, -0.15) is 11.3 Å². The lowest BCUT2D eigenvalue weighted by atomic mass is 9.77. The van der Waals surface area contributed by atoms with Crippen molar-refractivity contribution in [3.05, 3.63) is 22.4 Å². The first-order valence-corrected chi connectivity index (χ1v) is 8.21. The fraction of sp³-hybridized carbons (Fsp3) is 0.600. The van der Waals surface area contributed by atoms with Crippen LogP contribution in [0.2, 0.25) is 0 Å². The number of nitrogens with zero attached hydrogens (tertiary/aromatic N) is 1. The second kappa shape index (κ2) is 5.20. The third kappa shape index (κ3) is 2.14. The summed E-state index contributed by atoms with van der Waals surface area (Å²) in [6, 6.07) is 1.62. The molecular weight excluding hydrogens is 272 g/mol. The molecular formula is C15H20N2O2S. The van der Waals surface area contributed by atoms with Gasteiger partial charge in [0.15, 0.2) is 0 Å².